The maximum Gasteiger partial charge on any atom is 0.253 e. The Hall–Kier alpha value is -4.57. The lowest BCUT2D eigenvalue weighted by molar-refractivity contribution is -0.127. The zero-order valence-electron chi connectivity index (χ0n) is 29.8. The van der Waals surface area contributed by atoms with Gasteiger partial charge in [0.1, 0.15) is 0 Å². The molecule has 4 aromatic rings. The van der Waals surface area contributed by atoms with Crippen LogP contribution in [0.15, 0.2) is 114 Å². The Morgan fingerprint density at radius 3 is 2.08 bits per heavy atom. The second kappa shape index (κ2) is 17.8. The summed E-state index contributed by atoms with van der Waals surface area (Å²) in [6, 6.07) is 31.8. The standard InChI is InChI=1S/C43H50N4O4S/c44-52(50,51)41-18-15-36(16-19-41)31-47(42(48)20-17-33-7-2-1-3-8-33)32-37-11-5-12-38(29-37)39-13-6-14-40(30-39)43(49)46-27-23-35(24-28-46)10-4-9-34-21-25-45-26-22-34/h1-3,5-8,11-20,29-30,34-35,45H,4,9-10,21-28,31-32H2,(H2,44,50,51). The van der Waals surface area contributed by atoms with E-state index in [-0.39, 0.29) is 23.3 Å². The lowest BCUT2D eigenvalue weighted by Crippen LogP contribution is -2.38. The molecule has 0 saturated carbocycles. The van der Waals surface area contributed by atoms with Crippen molar-refractivity contribution in [2.45, 2.75) is 62.9 Å². The number of benzene rings is 4. The molecule has 2 aliphatic heterocycles. The van der Waals surface area contributed by atoms with Gasteiger partial charge in [0, 0.05) is 37.8 Å². The van der Waals surface area contributed by atoms with Gasteiger partial charge in [-0.25, -0.2) is 13.6 Å². The van der Waals surface area contributed by atoms with E-state index in [0.29, 0.717) is 18.0 Å². The molecule has 0 radical (unpaired) electrons. The first kappa shape index (κ1) is 37.2. The third kappa shape index (κ3) is 10.5. The molecule has 2 saturated heterocycles. The minimum absolute atomic E-state index is 0.0225. The number of piperidine rings is 2. The van der Waals surface area contributed by atoms with Crippen LogP contribution in [0.3, 0.4) is 0 Å². The molecule has 2 aliphatic rings. The Kier molecular flexibility index (Phi) is 12.7. The highest BCUT2D eigenvalue weighted by Crippen LogP contribution is 2.28. The minimum Gasteiger partial charge on any atom is -0.339 e. The van der Waals surface area contributed by atoms with Gasteiger partial charge >= 0.3 is 0 Å². The van der Waals surface area contributed by atoms with Crippen molar-refractivity contribution in [1.29, 1.82) is 0 Å². The first-order valence-electron chi connectivity index (χ1n) is 18.5. The van der Waals surface area contributed by atoms with E-state index in [4.69, 9.17) is 5.14 Å². The predicted octanol–water partition coefficient (Wildman–Crippen LogP) is 7.27. The third-order valence-electron chi connectivity index (χ3n) is 10.5. The van der Waals surface area contributed by atoms with Crippen molar-refractivity contribution < 1.29 is 18.0 Å². The topological polar surface area (TPSA) is 113 Å². The Balaban J connectivity index is 1.11. The number of primary sulfonamides is 1. The molecule has 272 valence electrons. The highest BCUT2D eigenvalue weighted by Gasteiger charge is 2.24. The highest BCUT2D eigenvalue weighted by molar-refractivity contribution is 7.89. The maximum absolute atomic E-state index is 13.6. The molecule has 2 amide bonds. The summed E-state index contributed by atoms with van der Waals surface area (Å²) in [7, 11) is -3.82. The van der Waals surface area contributed by atoms with Crippen LogP contribution >= 0.6 is 0 Å². The number of nitrogens with one attached hydrogen (secondary N) is 1. The van der Waals surface area contributed by atoms with E-state index in [2.05, 4.69) is 11.4 Å². The molecular formula is C43H50N4O4S. The molecular weight excluding hydrogens is 669 g/mol. The summed E-state index contributed by atoms with van der Waals surface area (Å²) in [6.07, 6.45) is 12.0. The Morgan fingerprint density at radius 2 is 1.38 bits per heavy atom. The lowest BCUT2D eigenvalue weighted by atomic mass is 9.87. The Morgan fingerprint density at radius 1 is 0.750 bits per heavy atom. The van der Waals surface area contributed by atoms with Gasteiger partial charge in [-0.3, -0.25) is 9.59 Å². The van der Waals surface area contributed by atoms with Gasteiger partial charge in [-0.1, -0.05) is 92.1 Å². The van der Waals surface area contributed by atoms with Gasteiger partial charge in [-0.15, -0.1) is 0 Å². The van der Waals surface area contributed by atoms with Crippen LogP contribution in [0.2, 0.25) is 0 Å². The summed E-state index contributed by atoms with van der Waals surface area (Å²) < 4.78 is 23.6. The number of nitrogens with zero attached hydrogens (tertiary/aromatic N) is 2. The van der Waals surface area contributed by atoms with E-state index in [0.717, 1.165) is 72.8 Å². The summed E-state index contributed by atoms with van der Waals surface area (Å²) in [6.45, 7) is 4.54. The lowest BCUT2D eigenvalue weighted by Gasteiger charge is -2.32. The fourth-order valence-corrected chi connectivity index (χ4v) is 7.94. The van der Waals surface area contributed by atoms with Crippen LogP contribution in [0.25, 0.3) is 17.2 Å². The summed E-state index contributed by atoms with van der Waals surface area (Å²) in [5.74, 6) is 1.50. The molecule has 8 nitrogen and oxygen atoms in total. The molecule has 0 spiro atoms. The van der Waals surface area contributed by atoms with Gasteiger partial charge in [0.25, 0.3) is 5.91 Å². The van der Waals surface area contributed by atoms with E-state index < -0.39 is 10.0 Å². The molecule has 0 bridgehead atoms. The smallest absolute Gasteiger partial charge is 0.253 e. The summed E-state index contributed by atoms with van der Waals surface area (Å²) >= 11 is 0. The molecule has 4 aromatic carbocycles. The van der Waals surface area contributed by atoms with Gasteiger partial charge < -0.3 is 15.1 Å². The van der Waals surface area contributed by atoms with Crippen molar-refractivity contribution in [3.63, 3.8) is 0 Å². The molecule has 2 heterocycles. The molecule has 52 heavy (non-hydrogen) atoms. The Bertz CT molecular complexity index is 1930. The third-order valence-corrected chi connectivity index (χ3v) is 11.4. The van der Waals surface area contributed by atoms with Crippen LogP contribution in [0.1, 0.15) is 72.0 Å². The number of carbonyl (C=O) groups excluding carboxylic acids is 2. The molecule has 3 N–H and O–H groups in total. The Labute approximate surface area is 308 Å². The average molecular weight is 719 g/mol. The van der Waals surface area contributed by atoms with Gasteiger partial charge in [0.15, 0.2) is 0 Å². The number of hydrogen-bond donors (Lipinski definition) is 2. The molecule has 6 rings (SSSR count). The number of amides is 2. The van der Waals surface area contributed by atoms with E-state index in [9.17, 15) is 18.0 Å². The second-order valence-corrected chi connectivity index (χ2v) is 15.8. The second-order valence-electron chi connectivity index (χ2n) is 14.3. The predicted molar refractivity (Wildman–Crippen MR) is 207 cm³/mol. The summed E-state index contributed by atoms with van der Waals surface area (Å²) in [4.78, 5) is 31.0. The fourth-order valence-electron chi connectivity index (χ4n) is 7.43. The molecule has 2 fully saturated rings. The van der Waals surface area contributed by atoms with Crippen LogP contribution in [-0.4, -0.2) is 56.2 Å². The van der Waals surface area contributed by atoms with Crippen LogP contribution in [0.5, 0.6) is 0 Å². The number of carbonyl (C=O) groups is 2. The maximum atomic E-state index is 13.6. The molecule has 9 heteroatoms. The van der Waals surface area contributed by atoms with Gasteiger partial charge in [0.2, 0.25) is 15.9 Å². The number of nitrogens with two attached hydrogens (primary N) is 1. The van der Waals surface area contributed by atoms with Crippen molar-refractivity contribution in [2.75, 3.05) is 26.2 Å². The van der Waals surface area contributed by atoms with Gasteiger partial charge in [-0.2, -0.15) is 0 Å². The summed E-state index contributed by atoms with van der Waals surface area (Å²) in [5, 5.41) is 8.76. The zero-order valence-corrected chi connectivity index (χ0v) is 30.6. The van der Waals surface area contributed by atoms with Crippen molar-refractivity contribution >= 4 is 27.9 Å². The molecule has 0 unspecified atom stereocenters. The molecule has 0 aliphatic carbocycles. The van der Waals surface area contributed by atoms with Crippen LogP contribution in [0.4, 0.5) is 0 Å². The van der Waals surface area contributed by atoms with E-state index in [1.807, 2.05) is 77.7 Å². The largest absolute Gasteiger partial charge is 0.339 e. The first-order valence-corrected chi connectivity index (χ1v) is 20.1. The summed E-state index contributed by atoms with van der Waals surface area (Å²) in [5.41, 5.74) is 5.22. The van der Waals surface area contributed by atoms with Crippen molar-refractivity contribution in [2.24, 2.45) is 17.0 Å². The minimum atomic E-state index is -3.82. The number of sulfonamides is 1. The van der Waals surface area contributed by atoms with E-state index in [1.54, 1.807) is 29.2 Å². The SMILES string of the molecule is NS(=O)(=O)c1ccc(CN(Cc2cccc(-c3cccc(C(=O)N4CCC(CCCC5CCNCC5)CC4)c3)c2)C(=O)C=Cc2ccccc2)cc1. The zero-order chi connectivity index (χ0) is 36.3. The highest BCUT2D eigenvalue weighted by atomic mass is 32.2. The van der Waals surface area contributed by atoms with E-state index >= 15 is 0 Å². The first-order chi connectivity index (χ1) is 25.2. The molecule has 0 atom stereocenters. The van der Waals surface area contributed by atoms with Crippen molar-refractivity contribution in [3.8, 4) is 11.1 Å². The fraction of sp³-hybridized carbons (Fsp3) is 0.349. The number of likely N-dealkylation sites (tertiary alicyclic amines) is 1. The monoisotopic (exact) mass is 718 g/mol. The van der Waals surface area contributed by atoms with Crippen molar-refractivity contribution in [1.82, 2.24) is 15.1 Å². The van der Waals surface area contributed by atoms with Gasteiger partial charge in [-0.05, 0) is 115 Å². The van der Waals surface area contributed by atoms with Crippen LogP contribution in [0, 0.1) is 11.8 Å². The van der Waals surface area contributed by atoms with E-state index in [1.165, 1.54) is 44.2 Å². The molecule has 0 aromatic heterocycles. The van der Waals surface area contributed by atoms with Crippen LogP contribution in [-0.2, 0) is 27.9 Å². The quantitative estimate of drug-likeness (QED) is 0.141. The normalized spacial score (nSPS) is 15.9. The number of hydrogen-bond acceptors (Lipinski definition) is 5. The average Bonchev–Trinajstić information content (AvgIpc) is 3.17. The van der Waals surface area contributed by atoms with Crippen LogP contribution < -0.4 is 10.5 Å². The van der Waals surface area contributed by atoms with Crippen molar-refractivity contribution in [3.05, 3.63) is 131 Å². The van der Waals surface area contributed by atoms with Gasteiger partial charge in [0.05, 0.1) is 4.90 Å². The number of rotatable bonds is 13.